The van der Waals surface area contributed by atoms with Crippen molar-refractivity contribution < 1.29 is 14.3 Å². The Morgan fingerprint density at radius 1 is 0.963 bits per heavy atom. The third-order valence-corrected chi connectivity index (χ3v) is 4.25. The highest BCUT2D eigenvalue weighted by atomic mass is 16.5. The lowest BCUT2D eigenvalue weighted by molar-refractivity contribution is -0.122. The van der Waals surface area contributed by atoms with Crippen molar-refractivity contribution >= 4 is 23.2 Å². The number of anilines is 2. The van der Waals surface area contributed by atoms with Gasteiger partial charge in [0.05, 0.1) is 5.56 Å². The molecule has 2 N–H and O–H groups in total. The third kappa shape index (κ3) is 3.79. The molecule has 0 bridgehead atoms. The Balaban J connectivity index is 1.41. The third-order valence-electron chi connectivity index (χ3n) is 4.25. The summed E-state index contributed by atoms with van der Waals surface area (Å²) in [6.45, 7) is 0. The lowest BCUT2D eigenvalue weighted by atomic mass is 10.1. The van der Waals surface area contributed by atoms with Crippen LogP contribution in [0.2, 0.25) is 0 Å². The number of ether oxygens (including phenoxy) is 1. The van der Waals surface area contributed by atoms with Crippen molar-refractivity contribution in [3.8, 4) is 5.75 Å². The number of fused-ring (bicyclic) bond motifs is 1. The van der Waals surface area contributed by atoms with Crippen LogP contribution in [0.25, 0.3) is 0 Å². The van der Waals surface area contributed by atoms with Gasteiger partial charge in [-0.1, -0.05) is 24.3 Å². The molecular formula is C21H17N3O3. The number of pyridine rings is 1. The Bertz CT molecular complexity index is 964. The van der Waals surface area contributed by atoms with Crippen LogP contribution < -0.4 is 15.4 Å². The predicted octanol–water partition coefficient (Wildman–Crippen LogP) is 3.28. The summed E-state index contributed by atoms with van der Waals surface area (Å²) in [4.78, 5) is 28.7. The molecule has 0 aliphatic carbocycles. The van der Waals surface area contributed by atoms with Gasteiger partial charge in [-0.05, 0) is 42.0 Å². The van der Waals surface area contributed by atoms with E-state index in [1.54, 1.807) is 42.6 Å². The highest BCUT2D eigenvalue weighted by molar-refractivity contribution is 6.04. The van der Waals surface area contributed by atoms with Gasteiger partial charge in [0, 0.05) is 30.2 Å². The Morgan fingerprint density at radius 2 is 1.78 bits per heavy atom. The van der Waals surface area contributed by atoms with Gasteiger partial charge in [-0.25, -0.2) is 0 Å². The minimum absolute atomic E-state index is 0.220. The Labute approximate surface area is 156 Å². The van der Waals surface area contributed by atoms with Gasteiger partial charge in [0.1, 0.15) is 5.75 Å². The van der Waals surface area contributed by atoms with E-state index >= 15 is 0 Å². The van der Waals surface area contributed by atoms with Crippen LogP contribution in [0.15, 0.2) is 73.1 Å². The van der Waals surface area contributed by atoms with Gasteiger partial charge in [-0.3, -0.25) is 14.6 Å². The summed E-state index contributed by atoms with van der Waals surface area (Å²) in [7, 11) is 0. The topological polar surface area (TPSA) is 80.3 Å². The van der Waals surface area contributed by atoms with Crippen LogP contribution in [0.5, 0.6) is 5.75 Å². The van der Waals surface area contributed by atoms with Gasteiger partial charge >= 0.3 is 0 Å². The zero-order chi connectivity index (χ0) is 18.6. The molecule has 0 saturated heterocycles. The first-order valence-corrected chi connectivity index (χ1v) is 8.56. The molecule has 3 aromatic rings. The minimum Gasteiger partial charge on any atom is -0.480 e. The average molecular weight is 359 g/mol. The number of carbonyl (C=O) groups is 2. The Morgan fingerprint density at radius 3 is 2.56 bits per heavy atom. The monoisotopic (exact) mass is 359 g/mol. The molecule has 6 heteroatoms. The van der Waals surface area contributed by atoms with Crippen LogP contribution in [0.3, 0.4) is 0 Å². The van der Waals surface area contributed by atoms with Crippen LogP contribution in [0.1, 0.15) is 15.9 Å². The maximum absolute atomic E-state index is 12.5. The highest BCUT2D eigenvalue weighted by Crippen LogP contribution is 2.28. The number of para-hydroxylation sites is 1. The van der Waals surface area contributed by atoms with E-state index in [0.717, 1.165) is 11.3 Å². The second-order valence-corrected chi connectivity index (χ2v) is 6.18. The molecule has 27 heavy (non-hydrogen) atoms. The molecule has 6 nitrogen and oxygen atoms in total. The van der Waals surface area contributed by atoms with E-state index in [2.05, 4.69) is 15.6 Å². The first kappa shape index (κ1) is 16.8. The molecule has 1 atom stereocenters. The molecule has 0 fully saturated rings. The summed E-state index contributed by atoms with van der Waals surface area (Å²) in [5.74, 6) is 0.262. The van der Waals surface area contributed by atoms with Crippen molar-refractivity contribution in [2.24, 2.45) is 0 Å². The first-order chi connectivity index (χ1) is 13.2. The van der Waals surface area contributed by atoms with E-state index in [1.165, 1.54) is 6.20 Å². The summed E-state index contributed by atoms with van der Waals surface area (Å²) in [6.07, 6.45) is 3.09. The summed E-state index contributed by atoms with van der Waals surface area (Å²) in [6, 6.07) is 18.0. The summed E-state index contributed by atoms with van der Waals surface area (Å²) in [5.41, 5.74) is 2.65. The fourth-order valence-corrected chi connectivity index (χ4v) is 2.93. The number of benzene rings is 2. The number of nitrogens with one attached hydrogen (secondary N) is 2. The molecule has 0 saturated carbocycles. The van der Waals surface area contributed by atoms with Crippen LogP contribution >= 0.6 is 0 Å². The standard InChI is InChI=1S/C21H17N3O3/c25-20(15-6-4-10-22-13-15)23-16-7-3-8-17(12-16)24-21(26)19-11-14-5-1-2-9-18(14)27-19/h1-10,12-13,19H,11H2,(H,23,25)(H,24,26). The average Bonchev–Trinajstić information content (AvgIpc) is 3.13. The summed E-state index contributed by atoms with van der Waals surface area (Å²) < 4.78 is 5.70. The molecule has 4 rings (SSSR count). The fraction of sp³-hybridized carbons (Fsp3) is 0.0952. The number of rotatable bonds is 4. The maximum atomic E-state index is 12.5. The number of hydrogen-bond donors (Lipinski definition) is 2. The predicted molar refractivity (Wildman–Crippen MR) is 102 cm³/mol. The molecule has 2 amide bonds. The van der Waals surface area contributed by atoms with E-state index in [9.17, 15) is 9.59 Å². The molecule has 2 heterocycles. The van der Waals surface area contributed by atoms with Gasteiger partial charge in [0.2, 0.25) is 0 Å². The first-order valence-electron chi connectivity index (χ1n) is 8.56. The SMILES string of the molecule is O=C(Nc1cccc(NC(=O)C2Cc3ccccc3O2)c1)c1cccnc1. The van der Waals surface area contributed by atoms with Crippen LogP contribution in [0, 0.1) is 0 Å². The van der Waals surface area contributed by atoms with E-state index in [1.807, 2.05) is 24.3 Å². The molecule has 1 aliphatic heterocycles. The zero-order valence-corrected chi connectivity index (χ0v) is 14.4. The second-order valence-electron chi connectivity index (χ2n) is 6.18. The van der Waals surface area contributed by atoms with Crippen molar-refractivity contribution in [1.29, 1.82) is 0 Å². The fourth-order valence-electron chi connectivity index (χ4n) is 2.93. The smallest absolute Gasteiger partial charge is 0.265 e. The molecular weight excluding hydrogens is 342 g/mol. The Kier molecular flexibility index (Phi) is 4.53. The molecule has 1 aliphatic rings. The quantitative estimate of drug-likeness (QED) is 0.749. The van der Waals surface area contributed by atoms with Gasteiger partial charge in [0.15, 0.2) is 6.10 Å². The largest absolute Gasteiger partial charge is 0.480 e. The van der Waals surface area contributed by atoms with Crippen molar-refractivity contribution in [1.82, 2.24) is 4.98 Å². The van der Waals surface area contributed by atoms with Crippen LogP contribution in [-0.4, -0.2) is 22.9 Å². The number of nitrogens with zero attached hydrogens (tertiary/aromatic N) is 1. The van der Waals surface area contributed by atoms with Crippen LogP contribution in [-0.2, 0) is 11.2 Å². The molecule has 0 spiro atoms. The maximum Gasteiger partial charge on any atom is 0.265 e. The van der Waals surface area contributed by atoms with Gasteiger partial charge in [0.25, 0.3) is 11.8 Å². The number of amides is 2. The van der Waals surface area contributed by atoms with E-state index in [0.29, 0.717) is 23.4 Å². The van der Waals surface area contributed by atoms with Gasteiger partial charge < -0.3 is 15.4 Å². The molecule has 1 aromatic heterocycles. The molecule has 0 radical (unpaired) electrons. The van der Waals surface area contributed by atoms with Gasteiger partial charge in [-0.2, -0.15) is 0 Å². The highest BCUT2D eigenvalue weighted by Gasteiger charge is 2.28. The number of hydrogen-bond acceptors (Lipinski definition) is 4. The number of carbonyl (C=O) groups excluding carboxylic acids is 2. The van der Waals surface area contributed by atoms with Crippen LogP contribution in [0.4, 0.5) is 11.4 Å². The van der Waals surface area contributed by atoms with Crippen molar-refractivity contribution in [2.75, 3.05) is 10.6 Å². The Hall–Kier alpha value is -3.67. The van der Waals surface area contributed by atoms with Crippen molar-refractivity contribution in [3.63, 3.8) is 0 Å². The summed E-state index contributed by atoms with van der Waals surface area (Å²) in [5, 5.41) is 5.64. The lowest BCUT2D eigenvalue weighted by Gasteiger charge is -2.12. The normalized spacial score (nSPS) is 14.7. The number of aromatic nitrogens is 1. The van der Waals surface area contributed by atoms with Crippen molar-refractivity contribution in [3.05, 3.63) is 84.2 Å². The lowest BCUT2D eigenvalue weighted by Crippen LogP contribution is -2.31. The van der Waals surface area contributed by atoms with E-state index in [-0.39, 0.29) is 11.8 Å². The minimum atomic E-state index is -0.559. The van der Waals surface area contributed by atoms with Gasteiger partial charge in [-0.15, -0.1) is 0 Å². The zero-order valence-electron chi connectivity index (χ0n) is 14.4. The second kappa shape index (κ2) is 7.29. The molecule has 134 valence electrons. The van der Waals surface area contributed by atoms with E-state index in [4.69, 9.17) is 4.74 Å². The molecule has 2 aromatic carbocycles. The van der Waals surface area contributed by atoms with E-state index < -0.39 is 6.10 Å². The molecule has 1 unspecified atom stereocenters. The summed E-state index contributed by atoms with van der Waals surface area (Å²) >= 11 is 0. The van der Waals surface area contributed by atoms with Crippen molar-refractivity contribution in [2.45, 2.75) is 12.5 Å².